The van der Waals surface area contributed by atoms with Gasteiger partial charge in [-0.25, -0.2) is 9.37 Å². The van der Waals surface area contributed by atoms with Gasteiger partial charge in [-0.1, -0.05) is 17.4 Å². The van der Waals surface area contributed by atoms with Crippen molar-refractivity contribution >= 4 is 49.2 Å². The number of rotatable bonds is 3. The van der Waals surface area contributed by atoms with Gasteiger partial charge < -0.3 is 10.1 Å². The molecule has 0 radical (unpaired) electrons. The molecule has 0 bridgehead atoms. The van der Waals surface area contributed by atoms with Gasteiger partial charge >= 0.3 is 0 Å². The maximum atomic E-state index is 13.7. The lowest BCUT2D eigenvalue weighted by Crippen LogP contribution is -2.25. The number of ether oxygens (including phenoxy) is 1. The van der Waals surface area contributed by atoms with Crippen LogP contribution in [-0.4, -0.2) is 27.8 Å². The minimum Gasteiger partial charge on any atom is -0.497 e. The second kappa shape index (κ2) is 7.17. The molecule has 1 unspecified atom stereocenters. The molecule has 3 heterocycles. The van der Waals surface area contributed by atoms with Crippen LogP contribution in [0.3, 0.4) is 0 Å². The number of aryl methyl sites for hydroxylation is 1. The maximum Gasteiger partial charge on any atom is 0.226 e. The summed E-state index contributed by atoms with van der Waals surface area (Å²) in [6.07, 6.45) is 0.272. The van der Waals surface area contributed by atoms with Gasteiger partial charge in [-0.3, -0.25) is 4.79 Å². The number of aromatic nitrogens is 3. The molecule has 1 aliphatic rings. The van der Waals surface area contributed by atoms with Crippen molar-refractivity contribution in [1.29, 1.82) is 0 Å². The topological polar surface area (TPSA) is 69.0 Å². The highest BCUT2D eigenvalue weighted by Crippen LogP contribution is 2.42. The summed E-state index contributed by atoms with van der Waals surface area (Å²) in [6, 6.07) is 10.5. The SMILES string of the molecule is COc1ccc2nc(-n3nc(C)c4c3NC(=O)CC4c3ccc(F)c(Br)c3)sc2c1. The third kappa shape index (κ3) is 3.09. The van der Waals surface area contributed by atoms with Gasteiger partial charge in [0.25, 0.3) is 0 Å². The molecule has 1 aliphatic heterocycles. The van der Waals surface area contributed by atoms with E-state index in [-0.39, 0.29) is 24.1 Å². The number of halogens is 2. The first-order valence-corrected chi connectivity index (χ1v) is 10.8. The van der Waals surface area contributed by atoms with Crippen molar-refractivity contribution in [2.24, 2.45) is 0 Å². The molecule has 2 aromatic heterocycles. The Morgan fingerprint density at radius 3 is 2.90 bits per heavy atom. The predicted octanol–water partition coefficient (Wildman–Crippen LogP) is 5.17. The van der Waals surface area contributed by atoms with Crippen LogP contribution in [0.1, 0.15) is 29.2 Å². The van der Waals surface area contributed by atoms with E-state index >= 15 is 0 Å². The van der Waals surface area contributed by atoms with Crippen LogP contribution in [-0.2, 0) is 4.79 Å². The lowest BCUT2D eigenvalue weighted by atomic mass is 9.86. The molecule has 9 heteroatoms. The van der Waals surface area contributed by atoms with Crippen LogP contribution >= 0.6 is 27.3 Å². The lowest BCUT2D eigenvalue weighted by molar-refractivity contribution is -0.116. The molecule has 1 N–H and O–H groups in total. The van der Waals surface area contributed by atoms with Crippen molar-refractivity contribution in [3.05, 3.63) is 63.5 Å². The molecule has 6 nitrogen and oxygen atoms in total. The van der Waals surface area contributed by atoms with Crippen LogP contribution in [0.2, 0.25) is 0 Å². The van der Waals surface area contributed by atoms with E-state index < -0.39 is 0 Å². The van der Waals surface area contributed by atoms with Crippen molar-refractivity contribution < 1.29 is 13.9 Å². The van der Waals surface area contributed by atoms with E-state index in [0.29, 0.717) is 15.4 Å². The lowest BCUT2D eigenvalue weighted by Gasteiger charge is -2.24. The summed E-state index contributed by atoms with van der Waals surface area (Å²) in [4.78, 5) is 17.2. The van der Waals surface area contributed by atoms with Crippen molar-refractivity contribution in [2.45, 2.75) is 19.3 Å². The molecule has 0 saturated carbocycles. The average molecular weight is 487 g/mol. The Hall–Kier alpha value is -2.78. The summed E-state index contributed by atoms with van der Waals surface area (Å²) in [5, 5.41) is 8.30. The van der Waals surface area contributed by atoms with E-state index in [2.05, 4.69) is 31.3 Å². The fraction of sp³-hybridized carbons (Fsp3) is 0.190. The number of fused-ring (bicyclic) bond motifs is 2. The normalized spacial score (nSPS) is 15.9. The summed E-state index contributed by atoms with van der Waals surface area (Å²) in [7, 11) is 1.62. The van der Waals surface area contributed by atoms with Crippen molar-refractivity contribution in [3.8, 4) is 10.9 Å². The highest BCUT2D eigenvalue weighted by molar-refractivity contribution is 9.10. The number of carbonyl (C=O) groups is 1. The van der Waals surface area contributed by atoms with Crippen LogP contribution in [0, 0.1) is 12.7 Å². The number of nitrogens with zero attached hydrogens (tertiary/aromatic N) is 3. The van der Waals surface area contributed by atoms with Crippen LogP contribution in [0.4, 0.5) is 10.2 Å². The van der Waals surface area contributed by atoms with Crippen LogP contribution in [0.15, 0.2) is 40.9 Å². The van der Waals surface area contributed by atoms with Crippen LogP contribution in [0.25, 0.3) is 15.3 Å². The highest BCUT2D eigenvalue weighted by atomic mass is 79.9. The summed E-state index contributed by atoms with van der Waals surface area (Å²) < 4.78 is 22.1. The second-order valence-electron chi connectivity index (χ2n) is 7.07. The maximum absolute atomic E-state index is 13.7. The molecule has 1 atom stereocenters. The number of anilines is 1. The number of benzene rings is 2. The molecule has 0 saturated heterocycles. The van der Waals surface area contributed by atoms with E-state index in [9.17, 15) is 9.18 Å². The molecular weight excluding hydrogens is 471 g/mol. The third-order valence-electron chi connectivity index (χ3n) is 5.21. The quantitative estimate of drug-likeness (QED) is 0.433. The Morgan fingerprint density at radius 1 is 1.30 bits per heavy atom. The van der Waals surface area contributed by atoms with Crippen molar-refractivity contribution in [2.75, 3.05) is 12.4 Å². The Bertz CT molecular complexity index is 1320. The zero-order valence-corrected chi connectivity index (χ0v) is 18.5. The smallest absolute Gasteiger partial charge is 0.226 e. The van der Waals surface area contributed by atoms with Crippen LogP contribution < -0.4 is 10.1 Å². The molecule has 0 aliphatic carbocycles. The molecule has 0 spiro atoms. The number of hydrogen-bond donors (Lipinski definition) is 1. The first-order chi connectivity index (χ1) is 14.4. The minimum absolute atomic E-state index is 0.114. The van der Waals surface area contributed by atoms with E-state index in [1.807, 2.05) is 25.1 Å². The molecular formula is C21H16BrFN4O2S. The van der Waals surface area contributed by atoms with Crippen LogP contribution in [0.5, 0.6) is 5.75 Å². The van der Waals surface area contributed by atoms with Gasteiger partial charge in [0.1, 0.15) is 17.4 Å². The van der Waals surface area contributed by atoms with Gasteiger partial charge in [0, 0.05) is 17.9 Å². The predicted molar refractivity (Wildman–Crippen MR) is 117 cm³/mol. The van der Waals surface area contributed by atoms with E-state index in [0.717, 1.165) is 32.8 Å². The zero-order chi connectivity index (χ0) is 21.0. The fourth-order valence-corrected chi connectivity index (χ4v) is 5.16. The highest BCUT2D eigenvalue weighted by Gasteiger charge is 2.33. The van der Waals surface area contributed by atoms with E-state index in [1.165, 1.54) is 17.4 Å². The Kier molecular flexibility index (Phi) is 4.59. The number of carbonyl (C=O) groups excluding carboxylic acids is 1. The Labute approximate surface area is 183 Å². The third-order valence-corrected chi connectivity index (χ3v) is 6.82. The van der Waals surface area contributed by atoms with Gasteiger partial charge in [-0.2, -0.15) is 9.78 Å². The minimum atomic E-state index is -0.337. The average Bonchev–Trinajstić information content (AvgIpc) is 3.29. The Balaban J connectivity index is 1.65. The largest absolute Gasteiger partial charge is 0.497 e. The van der Waals surface area contributed by atoms with Crippen molar-refractivity contribution in [1.82, 2.24) is 14.8 Å². The van der Waals surface area contributed by atoms with Gasteiger partial charge in [0.05, 0.1) is 27.5 Å². The number of methoxy groups -OCH3 is 1. The number of nitrogens with one attached hydrogen (secondary N) is 1. The van der Waals surface area contributed by atoms with Gasteiger partial charge in [0.15, 0.2) is 0 Å². The van der Waals surface area contributed by atoms with Gasteiger partial charge in [0.2, 0.25) is 11.0 Å². The molecule has 1 amide bonds. The molecule has 4 aromatic rings. The second-order valence-corrected chi connectivity index (χ2v) is 8.93. The zero-order valence-electron chi connectivity index (χ0n) is 16.1. The first kappa shape index (κ1) is 19.2. The standard InChI is InChI=1S/C21H16BrFN4O2S/c1-10-19-13(11-3-5-15(23)14(22)7-11)9-18(28)25-20(19)27(26-10)21-24-16-6-4-12(29-2)8-17(16)30-21/h3-8,13H,9H2,1-2H3,(H,25,28). The fourth-order valence-electron chi connectivity index (χ4n) is 3.81. The molecule has 30 heavy (non-hydrogen) atoms. The monoisotopic (exact) mass is 486 g/mol. The molecule has 152 valence electrons. The summed E-state index contributed by atoms with van der Waals surface area (Å²) in [6.45, 7) is 1.91. The number of amides is 1. The molecule has 2 aromatic carbocycles. The summed E-state index contributed by atoms with van der Waals surface area (Å²) in [5.74, 6) is 0.703. The van der Waals surface area contributed by atoms with E-state index in [1.54, 1.807) is 23.9 Å². The Morgan fingerprint density at radius 2 is 2.13 bits per heavy atom. The number of hydrogen-bond acceptors (Lipinski definition) is 5. The van der Waals surface area contributed by atoms with E-state index in [4.69, 9.17) is 4.74 Å². The first-order valence-electron chi connectivity index (χ1n) is 9.24. The van der Waals surface area contributed by atoms with Gasteiger partial charge in [-0.05, 0) is 58.7 Å². The van der Waals surface area contributed by atoms with Crippen molar-refractivity contribution in [3.63, 3.8) is 0 Å². The summed E-state index contributed by atoms with van der Waals surface area (Å²) in [5.41, 5.74) is 3.41. The van der Waals surface area contributed by atoms with Gasteiger partial charge in [-0.15, -0.1) is 0 Å². The summed E-state index contributed by atoms with van der Waals surface area (Å²) >= 11 is 4.71. The molecule has 5 rings (SSSR count). The molecule has 0 fully saturated rings. The number of thiazole rings is 1.